The normalized spacial score (nSPS) is 23.7. The van der Waals surface area contributed by atoms with E-state index >= 15 is 0 Å². The first kappa shape index (κ1) is 24.7. The first-order valence-corrected chi connectivity index (χ1v) is 12.4. The third kappa shape index (κ3) is 4.31. The molecule has 4 aromatic carbocycles. The third-order valence-electron chi connectivity index (χ3n) is 7.36. The molecule has 0 aliphatic carbocycles. The van der Waals surface area contributed by atoms with E-state index in [1.165, 1.54) is 48.5 Å². The van der Waals surface area contributed by atoms with E-state index in [1.54, 1.807) is 24.3 Å². The van der Waals surface area contributed by atoms with Gasteiger partial charge in [-0.05, 0) is 53.1 Å². The Morgan fingerprint density at radius 1 is 0.564 bits per heavy atom. The first-order chi connectivity index (χ1) is 18.7. The van der Waals surface area contributed by atoms with Crippen LogP contribution in [-0.2, 0) is 6.42 Å². The molecule has 0 spiro atoms. The predicted molar refractivity (Wildman–Crippen MR) is 138 cm³/mol. The summed E-state index contributed by atoms with van der Waals surface area (Å²) in [6.45, 7) is 0. The van der Waals surface area contributed by atoms with Gasteiger partial charge in [0.05, 0.1) is 6.10 Å². The van der Waals surface area contributed by atoms with E-state index in [0.717, 1.165) is 0 Å². The third-order valence-corrected chi connectivity index (χ3v) is 7.36. The Kier molecular flexibility index (Phi) is 5.90. The van der Waals surface area contributed by atoms with Crippen molar-refractivity contribution in [2.24, 2.45) is 0 Å². The van der Waals surface area contributed by atoms with Gasteiger partial charge in [0.1, 0.15) is 34.9 Å². The summed E-state index contributed by atoms with van der Waals surface area (Å²) in [5.41, 5.74) is 2.44. The molecule has 0 aromatic heterocycles. The number of hydrogen-bond acceptors (Lipinski definition) is 9. The number of benzene rings is 4. The smallest absolute Gasteiger partial charge is 0.157 e. The van der Waals surface area contributed by atoms with Crippen molar-refractivity contribution in [3.8, 4) is 40.2 Å². The molecule has 200 valence electrons. The van der Waals surface area contributed by atoms with Crippen LogP contribution in [0.15, 0.2) is 72.8 Å². The number of phenols is 5. The number of aliphatic hydroxyl groups is 2. The first-order valence-electron chi connectivity index (χ1n) is 12.4. The Balaban J connectivity index is 1.51. The molecular formula is C30H26O9. The highest BCUT2D eigenvalue weighted by Gasteiger charge is 2.43. The summed E-state index contributed by atoms with van der Waals surface area (Å²) in [6.07, 6.45) is -4.01. The van der Waals surface area contributed by atoms with Gasteiger partial charge in [-0.2, -0.15) is 0 Å². The standard InChI is InChI=1S/C30H26O9/c31-16-4-1-14(2-5-16)29-28(37)27(19-8-7-18(33)11-26(19)39-29)20-12-22(34)23(35)13-21(20)30-24(36)9-15-3-6-17(32)10-25(15)38-30/h1-8,10-13,24,27-37H,9H2. The van der Waals surface area contributed by atoms with Crippen LogP contribution in [0, 0.1) is 0 Å². The number of aromatic hydroxyl groups is 5. The maximum absolute atomic E-state index is 11.7. The molecule has 0 amide bonds. The van der Waals surface area contributed by atoms with Gasteiger partial charge in [-0.25, -0.2) is 0 Å². The van der Waals surface area contributed by atoms with E-state index in [2.05, 4.69) is 0 Å². The molecule has 0 bridgehead atoms. The molecule has 6 rings (SSSR count). The fourth-order valence-electron chi connectivity index (χ4n) is 5.49. The van der Waals surface area contributed by atoms with Crippen LogP contribution in [-0.4, -0.2) is 48.0 Å². The summed E-state index contributed by atoms with van der Waals surface area (Å²) in [5, 5.41) is 73.7. The van der Waals surface area contributed by atoms with Crippen molar-refractivity contribution in [2.45, 2.75) is 36.8 Å². The van der Waals surface area contributed by atoms with Gasteiger partial charge < -0.3 is 45.2 Å². The van der Waals surface area contributed by atoms with Crippen molar-refractivity contribution < 1.29 is 45.2 Å². The molecule has 39 heavy (non-hydrogen) atoms. The topological polar surface area (TPSA) is 160 Å². The van der Waals surface area contributed by atoms with Gasteiger partial charge in [-0.1, -0.05) is 24.3 Å². The summed E-state index contributed by atoms with van der Waals surface area (Å²) in [7, 11) is 0. The van der Waals surface area contributed by atoms with Crippen LogP contribution < -0.4 is 9.47 Å². The highest BCUT2D eigenvalue weighted by molar-refractivity contribution is 5.56. The van der Waals surface area contributed by atoms with Crippen LogP contribution in [0.1, 0.15) is 45.9 Å². The van der Waals surface area contributed by atoms with Crippen LogP contribution in [0.3, 0.4) is 0 Å². The molecule has 2 aliphatic rings. The second-order valence-electron chi connectivity index (χ2n) is 9.89. The van der Waals surface area contributed by atoms with Gasteiger partial charge >= 0.3 is 0 Å². The Morgan fingerprint density at radius 2 is 1.15 bits per heavy atom. The minimum absolute atomic E-state index is 0.0111. The Morgan fingerprint density at radius 3 is 1.87 bits per heavy atom. The van der Waals surface area contributed by atoms with Crippen molar-refractivity contribution in [3.05, 3.63) is 101 Å². The lowest BCUT2D eigenvalue weighted by molar-refractivity contribution is 0.00400. The number of hydrogen-bond donors (Lipinski definition) is 7. The Labute approximate surface area is 223 Å². The molecular weight excluding hydrogens is 504 g/mol. The molecule has 5 unspecified atom stereocenters. The number of fused-ring (bicyclic) bond motifs is 2. The van der Waals surface area contributed by atoms with Crippen LogP contribution in [0.2, 0.25) is 0 Å². The summed E-state index contributed by atoms with van der Waals surface area (Å²) in [5.74, 6) is -1.08. The average molecular weight is 531 g/mol. The van der Waals surface area contributed by atoms with Crippen LogP contribution >= 0.6 is 0 Å². The van der Waals surface area contributed by atoms with E-state index in [1.807, 2.05) is 0 Å². The molecule has 0 saturated heterocycles. The second kappa shape index (κ2) is 9.30. The average Bonchev–Trinajstić information content (AvgIpc) is 2.90. The Bertz CT molecular complexity index is 1550. The molecule has 9 nitrogen and oxygen atoms in total. The van der Waals surface area contributed by atoms with Gasteiger partial charge in [0.15, 0.2) is 23.7 Å². The van der Waals surface area contributed by atoms with E-state index < -0.39 is 41.8 Å². The lowest BCUT2D eigenvalue weighted by Crippen LogP contribution is -2.37. The minimum Gasteiger partial charge on any atom is -0.508 e. The summed E-state index contributed by atoms with van der Waals surface area (Å²) >= 11 is 0. The van der Waals surface area contributed by atoms with Gasteiger partial charge in [0, 0.05) is 35.6 Å². The predicted octanol–water partition coefficient (Wildman–Crippen LogP) is 3.88. The molecule has 4 aromatic rings. The number of phenolic OH excluding ortho intramolecular Hbond substituents is 5. The summed E-state index contributed by atoms with van der Waals surface area (Å²) < 4.78 is 12.2. The van der Waals surface area contributed by atoms with Crippen molar-refractivity contribution >= 4 is 0 Å². The lowest BCUT2D eigenvalue weighted by Gasteiger charge is -2.39. The van der Waals surface area contributed by atoms with Crippen molar-refractivity contribution in [3.63, 3.8) is 0 Å². The van der Waals surface area contributed by atoms with Crippen molar-refractivity contribution in [1.82, 2.24) is 0 Å². The van der Waals surface area contributed by atoms with Gasteiger partial charge in [0.25, 0.3) is 0 Å². The number of aliphatic hydroxyl groups excluding tert-OH is 2. The van der Waals surface area contributed by atoms with E-state index in [4.69, 9.17) is 9.47 Å². The largest absolute Gasteiger partial charge is 0.508 e. The fraction of sp³-hybridized carbons (Fsp3) is 0.200. The number of ether oxygens (including phenoxy) is 2. The second-order valence-corrected chi connectivity index (χ2v) is 9.89. The fourth-order valence-corrected chi connectivity index (χ4v) is 5.49. The van der Waals surface area contributed by atoms with Crippen LogP contribution in [0.5, 0.6) is 40.2 Å². The molecule has 7 N–H and O–H groups in total. The Hall–Kier alpha value is -4.60. The zero-order chi connectivity index (χ0) is 27.4. The quantitative estimate of drug-likeness (QED) is 0.195. The van der Waals surface area contributed by atoms with Gasteiger partial charge in [-0.15, -0.1) is 0 Å². The lowest BCUT2D eigenvalue weighted by atomic mass is 9.76. The van der Waals surface area contributed by atoms with Gasteiger partial charge in [-0.3, -0.25) is 0 Å². The maximum atomic E-state index is 11.7. The highest BCUT2D eigenvalue weighted by Crippen LogP contribution is 2.51. The van der Waals surface area contributed by atoms with Crippen LogP contribution in [0.25, 0.3) is 0 Å². The number of rotatable bonds is 3. The minimum atomic E-state index is -1.23. The van der Waals surface area contributed by atoms with E-state index in [-0.39, 0.29) is 23.7 Å². The molecule has 0 saturated carbocycles. The zero-order valence-corrected chi connectivity index (χ0v) is 20.5. The molecule has 0 fully saturated rings. The van der Waals surface area contributed by atoms with Crippen molar-refractivity contribution in [1.29, 1.82) is 0 Å². The molecule has 2 aliphatic heterocycles. The summed E-state index contributed by atoms with van der Waals surface area (Å²) in [6, 6.07) is 17.9. The highest BCUT2D eigenvalue weighted by atomic mass is 16.5. The van der Waals surface area contributed by atoms with Crippen molar-refractivity contribution in [2.75, 3.05) is 0 Å². The summed E-state index contributed by atoms with van der Waals surface area (Å²) in [4.78, 5) is 0. The SMILES string of the molecule is Oc1ccc(C2Oc3cc(O)ccc3C(c3cc(O)c(O)cc3C3Oc4cc(O)ccc4CC3O)C2O)cc1. The molecule has 5 atom stereocenters. The molecule has 0 radical (unpaired) electrons. The van der Waals surface area contributed by atoms with Gasteiger partial charge in [0.2, 0.25) is 0 Å². The zero-order valence-electron chi connectivity index (χ0n) is 20.5. The monoisotopic (exact) mass is 530 g/mol. The molecule has 2 heterocycles. The van der Waals surface area contributed by atoms with E-state index in [0.29, 0.717) is 39.3 Å². The van der Waals surface area contributed by atoms with E-state index in [9.17, 15) is 35.7 Å². The van der Waals surface area contributed by atoms with Crippen LogP contribution in [0.4, 0.5) is 0 Å². The molecule has 9 heteroatoms. The maximum Gasteiger partial charge on any atom is 0.157 e.